The van der Waals surface area contributed by atoms with Gasteiger partial charge in [0.15, 0.2) is 0 Å². The van der Waals surface area contributed by atoms with E-state index in [1.165, 1.54) is 22.2 Å². The van der Waals surface area contributed by atoms with Gasteiger partial charge in [-0.1, -0.05) is 56.5 Å². The number of nitrogens with one attached hydrogen (secondary N) is 1. The predicted molar refractivity (Wildman–Crippen MR) is 128 cm³/mol. The van der Waals surface area contributed by atoms with Crippen molar-refractivity contribution in [3.63, 3.8) is 0 Å². The molecule has 1 amide bonds. The number of hydrogen-bond acceptors (Lipinski definition) is 3. The van der Waals surface area contributed by atoms with E-state index in [1.54, 1.807) is 6.20 Å². The van der Waals surface area contributed by atoms with Crippen molar-refractivity contribution in [1.82, 2.24) is 19.7 Å². The molecule has 0 spiro atoms. The molecule has 0 aliphatic heterocycles. The van der Waals surface area contributed by atoms with Crippen molar-refractivity contribution < 1.29 is 4.79 Å². The summed E-state index contributed by atoms with van der Waals surface area (Å²) in [7, 11) is 0. The first-order chi connectivity index (χ1) is 15.3. The fourth-order valence-corrected chi connectivity index (χ4v) is 5.04. The third-order valence-corrected chi connectivity index (χ3v) is 7.41. The molecule has 1 saturated carbocycles. The third-order valence-electron chi connectivity index (χ3n) is 7.41. The molecule has 1 fully saturated rings. The molecule has 32 heavy (non-hydrogen) atoms. The molecule has 3 atom stereocenters. The number of nitrogens with zero attached hydrogens (tertiary/aromatic N) is 3. The van der Waals surface area contributed by atoms with Crippen LogP contribution in [-0.4, -0.2) is 26.3 Å². The van der Waals surface area contributed by atoms with Crippen LogP contribution in [0.4, 0.5) is 0 Å². The Balaban J connectivity index is 1.58. The summed E-state index contributed by atoms with van der Waals surface area (Å²) < 4.78 is 3.46. The molecule has 0 saturated heterocycles. The Morgan fingerprint density at radius 3 is 2.53 bits per heavy atom. The van der Waals surface area contributed by atoms with Gasteiger partial charge in [-0.25, -0.2) is 4.68 Å². The largest absolute Gasteiger partial charge is 0.351 e. The molecule has 1 aliphatic rings. The Kier molecular flexibility index (Phi) is 6.22. The maximum absolute atomic E-state index is 13.3. The summed E-state index contributed by atoms with van der Waals surface area (Å²) >= 11 is 0. The smallest absolute Gasteiger partial charge is 0.276 e. The highest BCUT2D eigenvalue weighted by Crippen LogP contribution is 2.29. The minimum absolute atomic E-state index is 0.0476. The van der Waals surface area contributed by atoms with Crippen molar-refractivity contribution in [2.75, 3.05) is 0 Å². The van der Waals surface area contributed by atoms with Crippen molar-refractivity contribution in [2.45, 2.75) is 73.0 Å². The molecule has 1 N–H and O–H groups in total. The van der Waals surface area contributed by atoms with Crippen LogP contribution in [0.1, 0.15) is 55.6 Å². The summed E-state index contributed by atoms with van der Waals surface area (Å²) in [4.78, 5) is 26.0. The highest BCUT2D eigenvalue weighted by molar-refractivity contribution is 5.87. The van der Waals surface area contributed by atoms with Crippen molar-refractivity contribution >= 4 is 16.7 Å². The summed E-state index contributed by atoms with van der Waals surface area (Å²) in [5.41, 5.74) is 4.14. The van der Waals surface area contributed by atoms with E-state index in [-0.39, 0.29) is 24.1 Å². The lowest BCUT2D eigenvalue weighted by atomic mass is 9.78. The molecule has 170 valence electrons. The minimum Gasteiger partial charge on any atom is -0.351 e. The Hall–Kier alpha value is -2.89. The second-order valence-corrected chi connectivity index (χ2v) is 9.58. The molecule has 2 aromatic heterocycles. The number of carbonyl (C=O) groups is 1. The lowest BCUT2D eigenvalue weighted by Gasteiger charge is -2.34. The maximum atomic E-state index is 13.3. The second-order valence-electron chi connectivity index (χ2n) is 9.58. The zero-order valence-corrected chi connectivity index (χ0v) is 19.8. The molecule has 2 heterocycles. The second kappa shape index (κ2) is 8.93. The molecule has 6 nitrogen and oxygen atoms in total. The molecule has 0 bridgehead atoms. The summed E-state index contributed by atoms with van der Waals surface area (Å²) in [5.74, 6) is 0.907. The molecular formula is C26H34N4O2. The number of benzene rings is 1. The van der Waals surface area contributed by atoms with Crippen LogP contribution in [0.5, 0.6) is 0 Å². The first-order valence-corrected chi connectivity index (χ1v) is 11.7. The molecule has 4 rings (SSSR count). The first kappa shape index (κ1) is 22.3. The van der Waals surface area contributed by atoms with E-state index < -0.39 is 0 Å². The van der Waals surface area contributed by atoms with Crippen LogP contribution in [0, 0.1) is 32.6 Å². The average molecular weight is 435 g/mol. The molecule has 0 radical (unpaired) electrons. The highest BCUT2D eigenvalue weighted by Gasteiger charge is 2.28. The van der Waals surface area contributed by atoms with Crippen molar-refractivity contribution in [1.29, 1.82) is 0 Å². The van der Waals surface area contributed by atoms with Gasteiger partial charge in [0.1, 0.15) is 6.54 Å². The van der Waals surface area contributed by atoms with Crippen LogP contribution >= 0.6 is 0 Å². The standard InChI is InChI=1S/C26H34N4O2/c1-16-9-11-21(12-10-16)14-29-19(4)22-13-27-30(26(32)25(22)20(29)5)15-24(31)28-23-8-6-7-17(2)18(23)3/h9-13,17-18,23H,6-8,14-15H2,1-5H3,(H,28,31)/t17-,18-,23+/m0/s1. The number of hydrogen-bond donors (Lipinski definition) is 1. The van der Waals surface area contributed by atoms with Gasteiger partial charge in [-0.2, -0.15) is 5.10 Å². The van der Waals surface area contributed by atoms with E-state index in [0.29, 0.717) is 23.8 Å². The van der Waals surface area contributed by atoms with Gasteiger partial charge in [0.05, 0.1) is 11.6 Å². The van der Waals surface area contributed by atoms with Crippen molar-refractivity contribution in [2.24, 2.45) is 11.8 Å². The lowest BCUT2D eigenvalue weighted by molar-refractivity contribution is -0.123. The topological polar surface area (TPSA) is 68.9 Å². The zero-order chi connectivity index (χ0) is 23.0. The summed E-state index contributed by atoms with van der Waals surface area (Å²) in [6.07, 6.45) is 5.07. The molecular weight excluding hydrogens is 400 g/mol. The Morgan fingerprint density at radius 1 is 1.09 bits per heavy atom. The third kappa shape index (κ3) is 4.23. The number of fused-ring (bicyclic) bond motifs is 1. The quantitative estimate of drug-likeness (QED) is 0.657. The molecule has 0 unspecified atom stereocenters. The van der Waals surface area contributed by atoms with Gasteiger partial charge in [-0.15, -0.1) is 0 Å². The van der Waals surface area contributed by atoms with Crippen LogP contribution in [0.3, 0.4) is 0 Å². The predicted octanol–water partition coefficient (Wildman–Crippen LogP) is 4.11. The zero-order valence-electron chi connectivity index (χ0n) is 19.8. The molecule has 1 aliphatic carbocycles. The fraction of sp³-hybridized carbons (Fsp3) is 0.500. The van der Waals surface area contributed by atoms with E-state index in [9.17, 15) is 9.59 Å². The highest BCUT2D eigenvalue weighted by atomic mass is 16.2. The molecule has 6 heteroatoms. The van der Waals surface area contributed by atoms with E-state index in [1.807, 2.05) is 13.8 Å². The van der Waals surface area contributed by atoms with E-state index >= 15 is 0 Å². The Bertz CT molecular complexity index is 1190. The number of amides is 1. The SMILES string of the molecule is Cc1ccc(Cn2c(C)c3cnn(CC(=O)N[C@@H]4CCC[C@H](C)[C@@H]4C)c(=O)c3c2C)cc1. The van der Waals surface area contributed by atoms with E-state index in [0.717, 1.165) is 29.6 Å². The fourth-order valence-electron chi connectivity index (χ4n) is 5.04. The Labute approximate surface area is 189 Å². The number of aromatic nitrogens is 3. The van der Waals surface area contributed by atoms with Crippen LogP contribution in [0.2, 0.25) is 0 Å². The van der Waals surface area contributed by atoms with Gasteiger partial charge in [-0.3, -0.25) is 9.59 Å². The van der Waals surface area contributed by atoms with Crippen LogP contribution < -0.4 is 10.9 Å². The summed E-state index contributed by atoms with van der Waals surface area (Å²) in [6, 6.07) is 8.61. The van der Waals surface area contributed by atoms with Gasteiger partial charge in [0, 0.05) is 29.4 Å². The van der Waals surface area contributed by atoms with Crippen molar-refractivity contribution in [3.05, 3.63) is 63.3 Å². The first-order valence-electron chi connectivity index (χ1n) is 11.7. The number of aryl methyl sites for hydroxylation is 3. The van der Waals surface area contributed by atoms with Crippen LogP contribution in [-0.2, 0) is 17.9 Å². The maximum Gasteiger partial charge on any atom is 0.276 e. The Morgan fingerprint density at radius 2 is 1.81 bits per heavy atom. The van der Waals surface area contributed by atoms with E-state index in [4.69, 9.17) is 0 Å². The van der Waals surface area contributed by atoms with E-state index in [2.05, 4.69) is 60.0 Å². The monoisotopic (exact) mass is 434 g/mol. The lowest BCUT2D eigenvalue weighted by Crippen LogP contribution is -2.45. The normalized spacial score (nSPS) is 21.1. The number of carbonyl (C=O) groups excluding carboxylic acids is 1. The van der Waals surface area contributed by atoms with Gasteiger partial charge in [0.25, 0.3) is 5.56 Å². The summed E-state index contributed by atoms with van der Waals surface area (Å²) in [6.45, 7) is 11.2. The minimum atomic E-state index is -0.203. The average Bonchev–Trinajstić information content (AvgIpc) is 3.00. The summed E-state index contributed by atoms with van der Waals surface area (Å²) in [5, 5.41) is 8.99. The van der Waals surface area contributed by atoms with Gasteiger partial charge in [-0.05, 0) is 44.6 Å². The van der Waals surface area contributed by atoms with Crippen LogP contribution in [0.25, 0.3) is 10.8 Å². The van der Waals surface area contributed by atoms with Gasteiger partial charge < -0.3 is 9.88 Å². The number of rotatable bonds is 5. The molecule has 1 aromatic carbocycles. The van der Waals surface area contributed by atoms with Crippen LogP contribution in [0.15, 0.2) is 35.3 Å². The van der Waals surface area contributed by atoms with Gasteiger partial charge >= 0.3 is 0 Å². The molecule has 3 aromatic rings. The van der Waals surface area contributed by atoms with Gasteiger partial charge in [0.2, 0.25) is 5.91 Å². The van der Waals surface area contributed by atoms with Crippen molar-refractivity contribution in [3.8, 4) is 0 Å².